The molecule has 0 radical (unpaired) electrons. The number of rotatable bonds is 11. The summed E-state index contributed by atoms with van der Waals surface area (Å²) < 4.78 is 17.2. The summed E-state index contributed by atoms with van der Waals surface area (Å²) in [7, 11) is 0. The Balaban J connectivity index is 1.24. The number of benzene rings is 3. The summed E-state index contributed by atoms with van der Waals surface area (Å²) in [5, 5.41) is 21.5. The van der Waals surface area contributed by atoms with E-state index in [0.717, 1.165) is 11.1 Å². The van der Waals surface area contributed by atoms with Gasteiger partial charge >= 0.3 is 12.2 Å². The summed E-state index contributed by atoms with van der Waals surface area (Å²) in [6.07, 6.45) is -1.89. The summed E-state index contributed by atoms with van der Waals surface area (Å²) in [5.74, 6) is -1.88. The lowest BCUT2D eigenvalue weighted by Gasteiger charge is -2.34. The van der Waals surface area contributed by atoms with E-state index in [1.807, 2.05) is 61.5 Å². The predicted octanol–water partition coefficient (Wildman–Crippen LogP) is 4.18. The van der Waals surface area contributed by atoms with Crippen molar-refractivity contribution in [1.29, 1.82) is 0 Å². The Hall–Kier alpha value is -4.98. The topological polar surface area (TPSA) is 149 Å². The third-order valence-electron chi connectivity index (χ3n) is 10.7. The summed E-state index contributed by atoms with van der Waals surface area (Å²) in [6.45, 7) is 6.89. The van der Waals surface area contributed by atoms with Crippen LogP contribution in [-0.4, -0.2) is 90.3 Å². The van der Waals surface area contributed by atoms with Crippen LogP contribution in [0.5, 0.6) is 0 Å². The van der Waals surface area contributed by atoms with Gasteiger partial charge in [0.2, 0.25) is 5.91 Å². The molecule has 1 spiro atoms. The van der Waals surface area contributed by atoms with E-state index in [2.05, 4.69) is 0 Å². The fourth-order valence-electron chi connectivity index (χ4n) is 8.33. The van der Waals surface area contributed by atoms with Gasteiger partial charge < -0.3 is 34.2 Å². The monoisotopic (exact) mass is 712 g/mol. The standard InChI is InChI=1S/C39H44N4O9/c1-25-34(38(2,3)49)32(22-33(45)40(15-18-44)23-26-7-5-4-6-8-26)52-39(25)30-21-29(42-17-20-51-37(42)48)13-14-31(30)43(35(39)46)24-27-9-11-28(12-10-27)41-16-19-50-36(41)47/h4-14,21,25,32,34,44,49H,15-20,22-24H2,1-3H3/t25-,32+,34-,39+/m1/s1. The average molecular weight is 713 g/mol. The van der Waals surface area contributed by atoms with E-state index in [-0.39, 0.29) is 51.1 Å². The SMILES string of the molecule is C[C@@H]1[C@@H](C(C)(C)O)[C@H](CC(=O)N(CCO)Cc2ccccc2)O[C@@]12C(=O)N(Cc1ccc(N3CCOC3=O)cc1)c1ccc(N3CCOC3=O)cc12. The van der Waals surface area contributed by atoms with E-state index in [1.165, 1.54) is 4.90 Å². The Labute approximate surface area is 302 Å². The molecular formula is C39H44N4O9. The summed E-state index contributed by atoms with van der Waals surface area (Å²) in [6, 6.07) is 22.2. The molecule has 7 rings (SSSR count). The van der Waals surface area contributed by atoms with E-state index in [9.17, 15) is 24.6 Å². The second kappa shape index (κ2) is 13.9. The van der Waals surface area contributed by atoms with Crippen molar-refractivity contribution >= 4 is 41.1 Å². The maximum Gasteiger partial charge on any atom is 0.414 e. The number of nitrogens with zero attached hydrogens (tertiary/aromatic N) is 4. The number of cyclic esters (lactones) is 2. The number of fused-ring (bicyclic) bond motifs is 2. The van der Waals surface area contributed by atoms with Gasteiger partial charge in [-0.2, -0.15) is 0 Å². The second-order valence-corrected chi connectivity index (χ2v) is 14.4. The smallest absolute Gasteiger partial charge is 0.414 e. The first-order valence-corrected chi connectivity index (χ1v) is 17.7. The van der Waals surface area contributed by atoms with Gasteiger partial charge in [-0.1, -0.05) is 49.4 Å². The lowest BCUT2D eigenvalue weighted by atomic mass is 9.70. The van der Waals surface area contributed by atoms with Crippen LogP contribution < -0.4 is 14.7 Å². The van der Waals surface area contributed by atoms with E-state index >= 15 is 4.79 Å². The molecule has 2 N–H and O–H groups in total. The molecule has 13 nitrogen and oxygen atoms in total. The van der Waals surface area contributed by atoms with Gasteiger partial charge in [-0.15, -0.1) is 0 Å². The molecule has 4 atom stereocenters. The first kappa shape index (κ1) is 35.4. The summed E-state index contributed by atoms with van der Waals surface area (Å²) in [5.41, 5.74) is 1.12. The first-order chi connectivity index (χ1) is 24.9. The van der Waals surface area contributed by atoms with Gasteiger partial charge in [0.05, 0.1) is 50.1 Å². The van der Waals surface area contributed by atoms with Crippen molar-refractivity contribution in [2.75, 3.05) is 54.2 Å². The van der Waals surface area contributed by atoms with Crippen LogP contribution in [0.3, 0.4) is 0 Å². The molecule has 0 saturated carbocycles. The van der Waals surface area contributed by atoms with Crippen molar-refractivity contribution in [2.45, 2.75) is 57.6 Å². The minimum absolute atomic E-state index is 0.108. The van der Waals surface area contributed by atoms with Crippen LogP contribution in [0.4, 0.5) is 26.7 Å². The van der Waals surface area contributed by atoms with Crippen LogP contribution in [0.25, 0.3) is 0 Å². The average Bonchev–Trinajstić information content (AvgIpc) is 3.87. The number of anilines is 3. The molecule has 0 aromatic heterocycles. The Kier molecular flexibility index (Phi) is 9.45. The van der Waals surface area contributed by atoms with Crippen LogP contribution >= 0.6 is 0 Å². The van der Waals surface area contributed by atoms with Crippen LogP contribution in [0.15, 0.2) is 72.8 Å². The highest BCUT2D eigenvalue weighted by molar-refractivity contribution is 6.08. The van der Waals surface area contributed by atoms with Gasteiger partial charge in [0.15, 0.2) is 5.60 Å². The molecule has 4 aliphatic rings. The highest BCUT2D eigenvalue weighted by Gasteiger charge is 2.66. The zero-order chi connectivity index (χ0) is 36.8. The molecule has 4 aliphatic heterocycles. The normalized spacial score (nSPS) is 24.1. The Morgan fingerprint density at radius 3 is 2.13 bits per heavy atom. The second-order valence-electron chi connectivity index (χ2n) is 14.4. The number of aliphatic hydroxyl groups excluding tert-OH is 1. The van der Waals surface area contributed by atoms with Gasteiger partial charge in [0.25, 0.3) is 5.91 Å². The molecule has 0 bridgehead atoms. The minimum atomic E-state index is -1.59. The van der Waals surface area contributed by atoms with Gasteiger partial charge in [-0.05, 0) is 55.3 Å². The fraction of sp³-hybridized carbons (Fsp3) is 0.436. The number of carbonyl (C=O) groups excluding carboxylic acids is 4. The van der Waals surface area contributed by atoms with Crippen LogP contribution in [0.1, 0.15) is 43.9 Å². The Bertz CT molecular complexity index is 1850. The highest BCUT2D eigenvalue weighted by Crippen LogP contribution is 2.58. The van der Waals surface area contributed by atoms with Crippen LogP contribution in [-0.2, 0) is 42.5 Å². The van der Waals surface area contributed by atoms with Gasteiger partial charge in [0.1, 0.15) is 13.2 Å². The number of hydrogen-bond acceptors (Lipinski definition) is 9. The third kappa shape index (κ3) is 6.26. The molecule has 4 heterocycles. The largest absolute Gasteiger partial charge is 0.447 e. The molecule has 3 aromatic carbocycles. The molecule has 52 heavy (non-hydrogen) atoms. The molecule has 3 aromatic rings. The number of carbonyl (C=O) groups is 4. The van der Waals surface area contributed by atoms with E-state index in [1.54, 1.807) is 46.7 Å². The molecule has 0 unspecified atom stereocenters. The van der Waals surface area contributed by atoms with Gasteiger partial charge in [-0.3, -0.25) is 19.4 Å². The molecule has 3 saturated heterocycles. The Morgan fingerprint density at radius 1 is 0.904 bits per heavy atom. The van der Waals surface area contributed by atoms with Crippen molar-refractivity contribution in [3.63, 3.8) is 0 Å². The van der Waals surface area contributed by atoms with Crippen LogP contribution in [0.2, 0.25) is 0 Å². The first-order valence-electron chi connectivity index (χ1n) is 17.7. The highest BCUT2D eigenvalue weighted by atomic mass is 16.6. The molecule has 13 heteroatoms. The Morgan fingerprint density at radius 2 is 1.54 bits per heavy atom. The fourth-order valence-corrected chi connectivity index (χ4v) is 8.33. The van der Waals surface area contributed by atoms with E-state index in [4.69, 9.17) is 14.2 Å². The number of ether oxygens (including phenoxy) is 3. The zero-order valence-corrected chi connectivity index (χ0v) is 29.6. The molecular weight excluding hydrogens is 668 g/mol. The van der Waals surface area contributed by atoms with Crippen molar-refractivity contribution in [3.05, 3.63) is 89.5 Å². The zero-order valence-electron chi connectivity index (χ0n) is 29.6. The van der Waals surface area contributed by atoms with Crippen molar-refractivity contribution in [2.24, 2.45) is 11.8 Å². The third-order valence-corrected chi connectivity index (χ3v) is 10.7. The molecule has 0 aliphatic carbocycles. The number of amides is 4. The van der Waals surface area contributed by atoms with Crippen molar-refractivity contribution in [3.8, 4) is 0 Å². The summed E-state index contributed by atoms with van der Waals surface area (Å²) >= 11 is 0. The maximum atomic E-state index is 15.0. The van der Waals surface area contributed by atoms with Crippen LogP contribution in [0, 0.1) is 11.8 Å². The maximum absolute atomic E-state index is 15.0. The van der Waals surface area contributed by atoms with Gasteiger partial charge in [0, 0.05) is 41.9 Å². The minimum Gasteiger partial charge on any atom is -0.447 e. The summed E-state index contributed by atoms with van der Waals surface area (Å²) in [4.78, 5) is 60.0. The number of hydrogen-bond donors (Lipinski definition) is 2. The quantitative estimate of drug-likeness (QED) is 0.299. The molecule has 274 valence electrons. The predicted molar refractivity (Wildman–Crippen MR) is 191 cm³/mol. The molecule has 3 fully saturated rings. The lowest BCUT2D eigenvalue weighted by Crippen LogP contribution is -2.46. The van der Waals surface area contributed by atoms with E-state index < -0.39 is 41.3 Å². The molecule has 4 amide bonds. The van der Waals surface area contributed by atoms with Crippen molar-refractivity contribution in [1.82, 2.24) is 4.90 Å². The lowest BCUT2D eigenvalue weighted by molar-refractivity contribution is -0.150. The number of aliphatic hydroxyl groups is 2. The van der Waals surface area contributed by atoms with E-state index in [0.29, 0.717) is 42.3 Å². The van der Waals surface area contributed by atoms with Gasteiger partial charge in [-0.25, -0.2) is 9.59 Å². The van der Waals surface area contributed by atoms with Crippen molar-refractivity contribution < 1.29 is 43.6 Å².